The highest BCUT2D eigenvalue weighted by atomic mass is 32.3. The Balaban J connectivity index is 1.91. The molecule has 1 aliphatic heterocycles. The zero-order chi connectivity index (χ0) is 18.5. The summed E-state index contributed by atoms with van der Waals surface area (Å²) in [4.78, 5) is 12.8. The van der Waals surface area contributed by atoms with Gasteiger partial charge in [0.15, 0.2) is 0 Å². The fraction of sp³-hybridized carbons (Fsp3) is 0.533. The van der Waals surface area contributed by atoms with Gasteiger partial charge in [-0.3, -0.25) is 4.18 Å². The first-order valence-corrected chi connectivity index (χ1v) is 10.4. The van der Waals surface area contributed by atoms with Gasteiger partial charge in [-0.25, -0.2) is 13.6 Å². The molecule has 1 heterocycles. The maximum Gasteiger partial charge on any atom is 0.410 e. The van der Waals surface area contributed by atoms with Gasteiger partial charge in [-0.1, -0.05) is 30.3 Å². The van der Waals surface area contributed by atoms with E-state index in [1.807, 2.05) is 6.07 Å². The van der Waals surface area contributed by atoms with Crippen LogP contribution < -0.4 is 0 Å². The van der Waals surface area contributed by atoms with Crippen LogP contribution >= 0.6 is 11.8 Å². The second-order valence-electron chi connectivity index (χ2n) is 5.56. The standard InChI is InChI=1S/C15H19F2NO5S2/c1-24-11-25(20,21)23-13-7-8-18(10-15(13,16)17)14(19)22-9-12-5-3-2-4-6-12/h2-6,13H,7-11H2,1H3. The Bertz CT molecular complexity index is 684. The summed E-state index contributed by atoms with van der Waals surface area (Å²) < 4.78 is 61.1. The molecule has 6 nitrogen and oxygen atoms in total. The molecule has 1 saturated heterocycles. The summed E-state index contributed by atoms with van der Waals surface area (Å²) in [6, 6.07) is 8.85. The van der Waals surface area contributed by atoms with Crippen molar-refractivity contribution >= 4 is 28.0 Å². The van der Waals surface area contributed by atoms with Crippen LogP contribution in [-0.4, -0.2) is 55.9 Å². The molecular weight excluding hydrogens is 376 g/mol. The number of thioether (sulfide) groups is 1. The van der Waals surface area contributed by atoms with Crippen LogP contribution in [0.5, 0.6) is 0 Å². The number of carbonyl (C=O) groups excluding carboxylic acids is 1. The van der Waals surface area contributed by atoms with Crippen LogP contribution in [0.2, 0.25) is 0 Å². The Kier molecular flexibility index (Phi) is 6.64. The van der Waals surface area contributed by atoms with Gasteiger partial charge in [-0.05, 0) is 18.2 Å². The SMILES string of the molecule is CSCS(=O)(=O)OC1CCN(C(=O)OCc2ccccc2)CC1(F)F. The molecule has 140 valence electrons. The molecule has 1 aromatic rings. The van der Waals surface area contributed by atoms with Crippen LogP contribution in [0.15, 0.2) is 30.3 Å². The maximum atomic E-state index is 14.2. The Labute approximate surface area is 149 Å². The number of amides is 1. The zero-order valence-corrected chi connectivity index (χ0v) is 15.2. The molecule has 25 heavy (non-hydrogen) atoms. The minimum Gasteiger partial charge on any atom is -0.445 e. The van der Waals surface area contributed by atoms with E-state index in [0.717, 1.165) is 22.2 Å². The monoisotopic (exact) mass is 395 g/mol. The fourth-order valence-electron chi connectivity index (χ4n) is 2.35. The van der Waals surface area contributed by atoms with Crippen LogP contribution in [0, 0.1) is 0 Å². The predicted octanol–water partition coefficient (Wildman–Crippen LogP) is 2.70. The molecular formula is C15H19F2NO5S2. The van der Waals surface area contributed by atoms with E-state index in [2.05, 4.69) is 4.18 Å². The molecule has 1 atom stereocenters. The van der Waals surface area contributed by atoms with Crippen molar-refractivity contribution in [3.63, 3.8) is 0 Å². The van der Waals surface area contributed by atoms with E-state index in [0.29, 0.717) is 0 Å². The molecule has 0 spiro atoms. The van der Waals surface area contributed by atoms with Crippen molar-refractivity contribution in [3.8, 4) is 0 Å². The summed E-state index contributed by atoms with van der Waals surface area (Å²) >= 11 is 0.965. The first kappa shape index (κ1) is 19.9. The molecule has 1 amide bonds. The molecule has 0 radical (unpaired) electrons. The Hall–Kier alpha value is -1.39. The van der Waals surface area contributed by atoms with E-state index in [1.54, 1.807) is 24.3 Å². The third-order valence-corrected chi connectivity index (χ3v) is 6.15. The fourth-order valence-corrected chi connectivity index (χ4v) is 4.32. The average molecular weight is 395 g/mol. The number of rotatable bonds is 6. The summed E-state index contributed by atoms with van der Waals surface area (Å²) in [6.45, 7) is -1.04. The first-order chi connectivity index (χ1) is 11.7. The lowest BCUT2D eigenvalue weighted by Gasteiger charge is -2.36. The van der Waals surface area contributed by atoms with Gasteiger partial charge >= 0.3 is 6.09 Å². The molecule has 0 N–H and O–H groups in total. The summed E-state index contributed by atoms with van der Waals surface area (Å²) in [5, 5.41) is -0.400. The lowest BCUT2D eigenvalue weighted by Crippen LogP contribution is -2.54. The van der Waals surface area contributed by atoms with Crippen molar-refractivity contribution < 1.29 is 30.9 Å². The van der Waals surface area contributed by atoms with Crippen LogP contribution in [-0.2, 0) is 25.6 Å². The number of alkyl halides is 2. The van der Waals surface area contributed by atoms with E-state index < -0.39 is 39.9 Å². The van der Waals surface area contributed by atoms with Crippen LogP contribution in [0.4, 0.5) is 13.6 Å². The molecule has 10 heteroatoms. The zero-order valence-electron chi connectivity index (χ0n) is 13.6. The lowest BCUT2D eigenvalue weighted by molar-refractivity contribution is -0.133. The van der Waals surface area contributed by atoms with Crippen molar-refractivity contribution in [2.24, 2.45) is 0 Å². The minimum atomic E-state index is -4.04. The van der Waals surface area contributed by atoms with Gasteiger partial charge in [0.1, 0.15) is 17.8 Å². The molecule has 1 fully saturated rings. The van der Waals surface area contributed by atoms with Gasteiger partial charge < -0.3 is 9.64 Å². The summed E-state index contributed by atoms with van der Waals surface area (Å²) in [5.74, 6) is -3.48. The molecule has 1 aromatic carbocycles. The van der Waals surface area contributed by atoms with Gasteiger partial charge in [0, 0.05) is 6.54 Å². The number of nitrogens with zero attached hydrogens (tertiary/aromatic N) is 1. The Morgan fingerprint density at radius 3 is 2.64 bits per heavy atom. The van der Waals surface area contributed by atoms with Gasteiger partial charge in [0.25, 0.3) is 16.0 Å². The number of carbonyl (C=O) groups is 1. The van der Waals surface area contributed by atoms with Crippen LogP contribution in [0.1, 0.15) is 12.0 Å². The molecule has 0 saturated carbocycles. The van der Waals surface area contributed by atoms with E-state index in [1.165, 1.54) is 6.26 Å². The highest BCUT2D eigenvalue weighted by Crippen LogP contribution is 2.31. The van der Waals surface area contributed by atoms with Crippen molar-refractivity contribution in [2.45, 2.75) is 25.1 Å². The number of piperidine rings is 1. The normalized spacial score (nSPS) is 20.3. The summed E-state index contributed by atoms with van der Waals surface area (Å²) in [5.41, 5.74) is 0.740. The Morgan fingerprint density at radius 2 is 2.04 bits per heavy atom. The van der Waals surface area contributed by atoms with Gasteiger partial charge in [-0.2, -0.15) is 8.42 Å². The number of hydrogen-bond acceptors (Lipinski definition) is 6. The third kappa shape index (κ3) is 5.82. The number of halogens is 2. The summed E-state index contributed by atoms with van der Waals surface area (Å²) in [6.07, 6.45) is -1.40. The molecule has 1 aliphatic rings. The molecule has 0 bridgehead atoms. The largest absolute Gasteiger partial charge is 0.445 e. The topological polar surface area (TPSA) is 72.9 Å². The highest BCUT2D eigenvalue weighted by Gasteiger charge is 2.49. The number of ether oxygens (including phenoxy) is 1. The lowest BCUT2D eigenvalue weighted by atomic mass is 10.0. The van der Waals surface area contributed by atoms with E-state index >= 15 is 0 Å². The second-order valence-corrected chi connectivity index (χ2v) is 8.39. The van der Waals surface area contributed by atoms with Crippen molar-refractivity contribution in [1.82, 2.24) is 4.90 Å². The quantitative estimate of drug-likeness (QED) is 0.690. The second kappa shape index (κ2) is 8.33. The third-order valence-electron chi connectivity index (χ3n) is 3.52. The number of benzene rings is 1. The van der Waals surface area contributed by atoms with E-state index in [4.69, 9.17) is 4.74 Å². The number of likely N-dealkylation sites (tertiary alicyclic amines) is 1. The van der Waals surface area contributed by atoms with Crippen LogP contribution in [0.3, 0.4) is 0 Å². The summed E-state index contributed by atoms with van der Waals surface area (Å²) in [7, 11) is -4.04. The maximum absolute atomic E-state index is 14.2. The molecule has 2 rings (SSSR count). The molecule has 1 unspecified atom stereocenters. The van der Waals surface area contributed by atoms with Crippen molar-refractivity contribution in [2.75, 3.05) is 24.4 Å². The smallest absolute Gasteiger partial charge is 0.410 e. The molecule has 0 aromatic heterocycles. The van der Waals surface area contributed by atoms with E-state index in [9.17, 15) is 22.0 Å². The first-order valence-electron chi connectivity index (χ1n) is 7.47. The van der Waals surface area contributed by atoms with E-state index in [-0.39, 0.29) is 19.6 Å². The minimum absolute atomic E-state index is 0.0240. The van der Waals surface area contributed by atoms with Crippen molar-refractivity contribution in [3.05, 3.63) is 35.9 Å². The van der Waals surface area contributed by atoms with Gasteiger partial charge in [0.05, 0.1) is 6.54 Å². The average Bonchev–Trinajstić information content (AvgIpc) is 2.55. The van der Waals surface area contributed by atoms with Gasteiger partial charge in [-0.15, -0.1) is 11.8 Å². The molecule has 0 aliphatic carbocycles. The highest BCUT2D eigenvalue weighted by molar-refractivity contribution is 8.10. The van der Waals surface area contributed by atoms with Gasteiger partial charge in [0.2, 0.25) is 0 Å². The number of hydrogen-bond donors (Lipinski definition) is 0. The van der Waals surface area contributed by atoms with Crippen LogP contribution in [0.25, 0.3) is 0 Å². The van der Waals surface area contributed by atoms with Crippen molar-refractivity contribution in [1.29, 1.82) is 0 Å². The predicted molar refractivity (Wildman–Crippen MR) is 89.9 cm³/mol. The Morgan fingerprint density at radius 1 is 1.36 bits per heavy atom.